The van der Waals surface area contributed by atoms with E-state index in [1.165, 1.54) is 6.07 Å². The van der Waals surface area contributed by atoms with Gasteiger partial charge in [-0.25, -0.2) is 0 Å². The zero-order valence-corrected chi connectivity index (χ0v) is 22.0. The van der Waals surface area contributed by atoms with E-state index in [9.17, 15) is 18.0 Å². The van der Waals surface area contributed by atoms with Crippen LogP contribution < -0.4 is 9.47 Å². The lowest BCUT2D eigenvalue weighted by atomic mass is 9.90. The Bertz CT molecular complexity index is 1610. The highest BCUT2D eigenvalue weighted by atomic mass is 19.4. The number of carbonyl (C=O) groups is 1. The number of rotatable bonds is 6. The topological polar surface area (TPSA) is 73.6 Å². The molecule has 3 aromatic carbocycles. The van der Waals surface area contributed by atoms with Crippen molar-refractivity contribution in [3.05, 3.63) is 88.6 Å². The standard InChI is InChI=1S/C31H27F3N2O4/c1-17-13-26(36(2)35-17)18-3-5-19(6-4-18)30-24-10-12-27(23(24)9-11-25(30)31(32,33)34)40-21-7-8-22-20(14-29(37)38)16-39-28(22)15-21/h3-9,11,13,15,20,27H,10,12,14,16H2,1-2H3,(H,37,38)/t20-,27?/m1/s1. The molecule has 6 nitrogen and oxygen atoms in total. The van der Waals surface area contributed by atoms with Gasteiger partial charge in [0.2, 0.25) is 0 Å². The van der Waals surface area contributed by atoms with Crippen LogP contribution in [-0.2, 0) is 24.4 Å². The first-order chi connectivity index (χ1) is 19.1. The third kappa shape index (κ3) is 4.69. The average Bonchev–Trinajstić information content (AvgIpc) is 3.59. The number of aryl methyl sites for hydroxylation is 2. The molecular formula is C31H27F3N2O4. The van der Waals surface area contributed by atoms with Crippen LogP contribution in [0.25, 0.3) is 22.4 Å². The van der Waals surface area contributed by atoms with Crippen LogP contribution in [-0.4, -0.2) is 27.5 Å². The Hall–Kier alpha value is -4.27. The predicted octanol–water partition coefficient (Wildman–Crippen LogP) is 7.10. The van der Waals surface area contributed by atoms with Crippen LogP contribution in [0.2, 0.25) is 0 Å². The Kier molecular flexibility index (Phi) is 6.32. The minimum absolute atomic E-state index is 0.0176. The van der Waals surface area contributed by atoms with Crippen molar-refractivity contribution in [3.63, 3.8) is 0 Å². The Labute approximate surface area is 229 Å². The Balaban J connectivity index is 1.32. The number of nitrogens with zero attached hydrogens (tertiary/aromatic N) is 2. The number of aromatic nitrogens is 2. The van der Waals surface area contributed by atoms with E-state index in [4.69, 9.17) is 14.6 Å². The van der Waals surface area contributed by atoms with Crippen molar-refractivity contribution in [2.75, 3.05) is 6.61 Å². The molecule has 1 aromatic heterocycles. The van der Waals surface area contributed by atoms with Gasteiger partial charge in [0.15, 0.2) is 0 Å². The summed E-state index contributed by atoms with van der Waals surface area (Å²) < 4.78 is 56.3. The first kappa shape index (κ1) is 26.0. The summed E-state index contributed by atoms with van der Waals surface area (Å²) in [4.78, 5) is 11.1. The largest absolute Gasteiger partial charge is 0.492 e. The maximum absolute atomic E-state index is 14.2. The number of aliphatic carboxylic acids is 1. The Morgan fingerprint density at radius 3 is 2.48 bits per heavy atom. The van der Waals surface area contributed by atoms with Gasteiger partial charge in [-0.1, -0.05) is 36.4 Å². The van der Waals surface area contributed by atoms with Crippen molar-refractivity contribution in [3.8, 4) is 33.9 Å². The molecule has 4 aromatic rings. The highest BCUT2D eigenvalue weighted by Crippen LogP contribution is 2.47. The number of fused-ring (bicyclic) bond motifs is 2. The van der Waals surface area contributed by atoms with Crippen LogP contribution in [0.3, 0.4) is 0 Å². The van der Waals surface area contributed by atoms with Gasteiger partial charge in [0.25, 0.3) is 0 Å². The predicted molar refractivity (Wildman–Crippen MR) is 142 cm³/mol. The molecule has 0 saturated heterocycles. The van der Waals surface area contributed by atoms with Gasteiger partial charge in [-0.3, -0.25) is 9.48 Å². The zero-order chi connectivity index (χ0) is 28.2. The van der Waals surface area contributed by atoms with Crippen molar-refractivity contribution in [2.45, 2.75) is 44.4 Å². The molecule has 40 heavy (non-hydrogen) atoms. The van der Waals surface area contributed by atoms with Gasteiger partial charge in [0.1, 0.15) is 17.6 Å². The van der Waals surface area contributed by atoms with Crippen molar-refractivity contribution in [1.29, 1.82) is 0 Å². The molecule has 2 aliphatic rings. The molecule has 0 radical (unpaired) electrons. The normalized spacial score (nSPS) is 17.8. The summed E-state index contributed by atoms with van der Waals surface area (Å²) in [5.74, 6) is 0.00844. The van der Waals surface area contributed by atoms with Crippen LogP contribution in [0.4, 0.5) is 13.2 Å². The number of hydrogen-bond donors (Lipinski definition) is 1. The highest BCUT2D eigenvalue weighted by Gasteiger charge is 2.38. The lowest BCUT2D eigenvalue weighted by Crippen LogP contribution is -2.10. The molecule has 1 unspecified atom stereocenters. The zero-order valence-electron chi connectivity index (χ0n) is 22.0. The molecule has 1 aliphatic carbocycles. The number of ether oxygens (including phenoxy) is 2. The van der Waals surface area contributed by atoms with Gasteiger partial charge >= 0.3 is 12.1 Å². The second-order valence-corrected chi connectivity index (χ2v) is 10.4. The molecule has 9 heteroatoms. The average molecular weight is 549 g/mol. The third-order valence-electron chi connectivity index (χ3n) is 7.69. The Morgan fingerprint density at radius 2 is 1.80 bits per heavy atom. The van der Waals surface area contributed by atoms with Crippen molar-refractivity contribution in [1.82, 2.24) is 9.78 Å². The second kappa shape index (κ2) is 9.73. The summed E-state index contributed by atoms with van der Waals surface area (Å²) in [7, 11) is 1.84. The van der Waals surface area contributed by atoms with Gasteiger partial charge in [0.05, 0.1) is 30.0 Å². The molecule has 206 valence electrons. The van der Waals surface area contributed by atoms with Crippen LogP contribution >= 0.6 is 0 Å². The number of hydrogen-bond acceptors (Lipinski definition) is 4. The number of halogens is 3. The molecule has 1 N–H and O–H groups in total. The monoisotopic (exact) mass is 548 g/mol. The van der Waals surface area contributed by atoms with Gasteiger partial charge in [-0.05, 0) is 65.8 Å². The summed E-state index contributed by atoms with van der Waals surface area (Å²) in [6, 6.07) is 17.1. The molecule has 0 spiro atoms. The van der Waals surface area contributed by atoms with Gasteiger partial charge < -0.3 is 14.6 Å². The summed E-state index contributed by atoms with van der Waals surface area (Å²) in [6.45, 7) is 2.19. The summed E-state index contributed by atoms with van der Waals surface area (Å²) in [5.41, 5.74) is 4.86. The molecule has 2 atom stereocenters. The molecule has 0 amide bonds. The van der Waals surface area contributed by atoms with Crippen LogP contribution in [0.15, 0.2) is 60.7 Å². The SMILES string of the molecule is Cc1cc(-c2ccc(-c3c(C(F)(F)F)ccc4c3CCC4Oc3ccc4c(c3)OC[C@H]4CC(=O)O)cc2)n(C)n1. The van der Waals surface area contributed by atoms with Crippen LogP contribution in [0.1, 0.15) is 52.8 Å². The molecule has 0 fully saturated rings. The number of benzene rings is 3. The lowest BCUT2D eigenvalue weighted by molar-refractivity contribution is -0.138. The van der Waals surface area contributed by atoms with Crippen molar-refractivity contribution in [2.24, 2.45) is 7.05 Å². The minimum Gasteiger partial charge on any atom is -0.492 e. The highest BCUT2D eigenvalue weighted by molar-refractivity contribution is 5.76. The molecular weight excluding hydrogens is 521 g/mol. The second-order valence-electron chi connectivity index (χ2n) is 10.4. The van der Waals surface area contributed by atoms with E-state index >= 15 is 0 Å². The van der Waals surface area contributed by atoms with E-state index in [1.54, 1.807) is 28.9 Å². The molecule has 0 saturated carbocycles. The van der Waals surface area contributed by atoms with E-state index in [1.807, 2.05) is 38.2 Å². The van der Waals surface area contributed by atoms with Gasteiger partial charge in [0, 0.05) is 24.6 Å². The van der Waals surface area contributed by atoms with Crippen molar-refractivity contribution >= 4 is 5.97 Å². The first-order valence-electron chi connectivity index (χ1n) is 13.1. The third-order valence-corrected chi connectivity index (χ3v) is 7.69. The van der Waals surface area contributed by atoms with E-state index in [0.29, 0.717) is 42.1 Å². The fourth-order valence-electron chi connectivity index (χ4n) is 5.92. The maximum Gasteiger partial charge on any atom is 0.417 e. The van der Waals surface area contributed by atoms with Crippen LogP contribution in [0.5, 0.6) is 11.5 Å². The smallest absolute Gasteiger partial charge is 0.417 e. The maximum atomic E-state index is 14.2. The van der Waals surface area contributed by atoms with E-state index in [2.05, 4.69) is 5.10 Å². The first-order valence-corrected chi connectivity index (χ1v) is 13.1. The van der Waals surface area contributed by atoms with E-state index in [-0.39, 0.29) is 17.9 Å². The van der Waals surface area contributed by atoms with E-state index in [0.717, 1.165) is 34.1 Å². The summed E-state index contributed by atoms with van der Waals surface area (Å²) >= 11 is 0. The number of carboxylic acid groups (broad SMARTS) is 1. The Morgan fingerprint density at radius 1 is 1.07 bits per heavy atom. The fourth-order valence-corrected chi connectivity index (χ4v) is 5.92. The summed E-state index contributed by atoms with van der Waals surface area (Å²) in [6.07, 6.45) is -3.96. The molecule has 0 bridgehead atoms. The fraction of sp³-hybridized carbons (Fsp3) is 0.290. The lowest BCUT2D eigenvalue weighted by Gasteiger charge is -2.20. The number of carboxylic acids is 1. The van der Waals surface area contributed by atoms with Crippen LogP contribution in [0, 0.1) is 6.92 Å². The van der Waals surface area contributed by atoms with Gasteiger partial charge in [-0.15, -0.1) is 0 Å². The van der Waals surface area contributed by atoms with Crippen molar-refractivity contribution < 1.29 is 32.5 Å². The quantitative estimate of drug-likeness (QED) is 0.278. The minimum atomic E-state index is -4.51. The summed E-state index contributed by atoms with van der Waals surface area (Å²) in [5, 5.41) is 13.5. The molecule has 6 rings (SSSR count). The molecule has 2 heterocycles. The molecule has 1 aliphatic heterocycles. The van der Waals surface area contributed by atoms with E-state index < -0.39 is 23.8 Å². The number of alkyl halides is 3. The van der Waals surface area contributed by atoms with Gasteiger partial charge in [-0.2, -0.15) is 18.3 Å².